The molecular weight excluding hydrogens is 400 g/mol. The van der Waals surface area contributed by atoms with Gasteiger partial charge < -0.3 is 15.0 Å². The van der Waals surface area contributed by atoms with Crippen LogP contribution in [0.25, 0.3) is 22.2 Å². The van der Waals surface area contributed by atoms with Gasteiger partial charge in [-0.05, 0) is 45.0 Å². The van der Waals surface area contributed by atoms with Crippen molar-refractivity contribution in [3.63, 3.8) is 0 Å². The number of benzene rings is 2. The van der Waals surface area contributed by atoms with Crippen molar-refractivity contribution in [2.45, 2.75) is 33.4 Å². The molecule has 0 aliphatic carbocycles. The lowest BCUT2D eigenvalue weighted by Crippen LogP contribution is -2.14. The molecule has 6 nitrogen and oxygen atoms in total. The van der Waals surface area contributed by atoms with E-state index in [4.69, 9.17) is 5.73 Å². The highest BCUT2D eigenvalue weighted by Crippen LogP contribution is 2.40. The van der Waals surface area contributed by atoms with Gasteiger partial charge in [-0.15, -0.1) is 0 Å². The molecule has 1 heterocycles. The van der Waals surface area contributed by atoms with Gasteiger partial charge in [0, 0.05) is 28.7 Å². The molecule has 156 valence electrons. The Morgan fingerprint density at radius 2 is 1.79 bits per heavy atom. The SMILES string of the molecule is CCS(=O)(=O)Nc1ccc(-c2c(N)c3ccc(OC(F)F)cc3n2C(C)C)cc1. The highest BCUT2D eigenvalue weighted by atomic mass is 32.2. The molecule has 0 saturated carbocycles. The van der Waals surface area contributed by atoms with E-state index in [1.807, 2.05) is 18.4 Å². The van der Waals surface area contributed by atoms with E-state index < -0.39 is 16.6 Å². The van der Waals surface area contributed by atoms with Crippen molar-refractivity contribution in [1.29, 1.82) is 0 Å². The van der Waals surface area contributed by atoms with Gasteiger partial charge in [-0.3, -0.25) is 4.72 Å². The molecule has 0 bridgehead atoms. The van der Waals surface area contributed by atoms with Crippen LogP contribution in [0.2, 0.25) is 0 Å². The first-order valence-electron chi connectivity index (χ1n) is 9.12. The maximum absolute atomic E-state index is 12.6. The number of nitrogens with zero attached hydrogens (tertiary/aromatic N) is 1. The summed E-state index contributed by atoms with van der Waals surface area (Å²) in [6.45, 7) is 2.58. The molecule has 0 saturated heterocycles. The number of fused-ring (bicyclic) bond motifs is 1. The first kappa shape index (κ1) is 20.9. The van der Waals surface area contributed by atoms with Crippen LogP contribution in [-0.2, 0) is 10.0 Å². The smallest absolute Gasteiger partial charge is 0.387 e. The molecule has 0 unspecified atom stereocenters. The van der Waals surface area contributed by atoms with E-state index in [9.17, 15) is 17.2 Å². The maximum atomic E-state index is 12.6. The topological polar surface area (TPSA) is 86.3 Å². The predicted molar refractivity (Wildman–Crippen MR) is 112 cm³/mol. The van der Waals surface area contributed by atoms with Gasteiger partial charge in [-0.2, -0.15) is 8.78 Å². The summed E-state index contributed by atoms with van der Waals surface area (Å²) < 4.78 is 57.7. The van der Waals surface area contributed by atoms with Crippen LogP contribution in [0.3, 0.4) is 0 Å². The van der Waals surface area contributed by atoms with E-state index >= 15 is 0 Å². The van der Waals surface area contributed by atoms with E-state index in [1.54, 1.807) is 43.3 Å². The first-order chi connectivity index (χ1) is 13.6. The second kappa shape index (κ2) is 7.90. The number of alkyl halides is 2. The number of halogens is 2. The Bertz CT molecular complexity index is 1120. The third kappa shape index (κ3) is 4.29. The Kier molecular flexibility index (Phi) is 5.70. The number of nitrogens with one attached hydrogen (secondary N) is 1. The number of rotatable bonds is 7. The average Bonchev–Trinajstić information content (AvgIpc) is 2.94. The van der Waals surface area contributed by atoms with E-state index in [2.05, 4.69) is 9.46 Å². The molecule has 2 aromatic carbocycles. The normalized spacial score (nSPS) is 12.1. The Balaban J connectivity index is 2.11. The van der Waals surface area contributed by atoms with Crippen molar-refractivity contribution in [2.24, 2.45) is 0 Å². The van der Waals surface area contributed by atoms with E-state index in [0.717, 1.165) is 16.6 Å². The molecule has 0 aliphatic heterocycles. The molecule has 0 radical (unpaired) electrons. The minimum absolute atomic E-state index is 0.00938. The van der Waals surface area contributed by atoms with Gasteiger partial charge in [0.05, 0.1) is 22.7 Å². The van der Waals surface area contributed by atoms with Crippen LogP contribution >= 0.6 is 0 Å². The quantitative estimate of drug-likeness (QED) is 0.570. The number of nitrogen functional groups attached to an aromatic ring is 1. The number of ether oxygens (including phenoxy) is 1. The van der Waals surface area contributed by atoms with Gasteiger partial charge in [0.2, 0.25) is 10.0 Å². The summed E-state index contributed by atoms with van der Waals surface area (Å²) in [7, 11) is -3.37. The Labute approximate surface area is 168 Å². The van der Waals surface area contributed by atoms with E-state index in [1.165, 1.54) is 6.07 Å². The van der Waals surface area contributed by atoms with Crippen LogP contribution in [0.15, 0.2) is 42.5 Å². The van der Waals surface area contributed by atoms with Crippen molar-refractivity contribution in [3.8, 4) is 17.0 Å². The lowest BCUT2D eigenvalue weighted by molar-refractivity contribution is -0.0497. The van der Waals surface area contributed by atoms with Crippen molar-refractivity contribution in [2.75, 3.05) is 16.2 Å². The lowest BCUT2D eigenvalue weighted by atomic mass is 10.1. The average molecular weight is 423 g/mol. The highest BCUT2D eigenvalue weighted by molar-refractivity contribution is 7.92. The fraction of sp³-hybridized carbons (Fsp3) is 0.300. The second-order valence-electron chi connectivity index (χ2n) is 6.87. The largest absolute Gasteiger partial charge is 0.435 e. The zero-order valence-electron chi connectivity index (χ0n) is 16.3. The molecule has 0 atom stereocenters. The van der Waals surface area contributed by atoms with Crippen LogP contribution < -0.4 is 15.2 Å². The third-order valence-corrected chi connectivity index (χ3v) is 5.88. The molecule has 3 N–H and O–H groups in total. The van der Waals surface area contributed by atoms with Crippen LogP contribution in [0.1, 0.15) is 26.8 Å². The molecule has 1 aromatic heterocycles. The van der Waals surface area contributed by atoms with Crippen LogP contribution in [0, 0.1) is 0 Å². The summed E-state index contributed by atoms with van der Waals surface area (Å²) in [5.74, 6) is 0.0366. The maximum Gasteiger partial charge on any atom is 0.387 e. The minimum atomic E-state index is -3.37. The zero-order chi connectivity index (χ0) is 21.3. The first-order valence-corrected chi connectivity index (χ1v) is 10.8. The lowest BCUT2D eigenvalue weighted by Gasteiger charge is -2.16. The fourth-order valence-corrected chi connectivity index (χ4v) is 3.91. The van der Waals surface area contributed by atoms with E-state index in [0.29, 0.717) is 16.9 Å². The van der Waals surface area contributed by atoms with Gasteiger partial charge in [0.25, 0.3) is 0 Å². The number of hydrogen-bond donors (Lipinski definition) is 2. The molecule has 29 heavy (non-hydrogen) atoms. The molecule has 0 spiro atoms. The predicted octanol–water partition coefficient (Wildman–Crippen LogP) is 4.83. The molecule has 0 aliphatic rings. The van der Waals surface area contributed by atoms with Gasteiger partial charge in [-0.1, -0.05) is 12.1 Å². The summed E-state index contributed by atoms with van der Waals surface area (Å²) >= 11 is 0. The summed E-state index contributed by atoms with van der Waals surface area (Å²) in [5.41, 5.74) is 9.56. The van der Waals surface area contributed by atoms with Crippen molar-refractivity contribution in [1.82, 2.24) is 4.57 Å². The monoisotopic (exact) mass is 423 g/mol. The molecule has 0 fully saturated rings. The standard InChI is InChI=1S/C20H23F2N3O3S/c1-4-29(26,27)24-14-7-5-13(6-8-14)19-18(23)16-10-9-15(28-20(21)22)11-17(16)25(19)12(2)3/h5-12,20,24H,4,23H2,1-3H3. The highest BCUT2D eigenvalue weighted by Gasteiger charge is 2.20. The molecule has 3 aromatic rings. The number of aromatic nitrogens is 1. The van der Waals surface area contributed by atoms with Crippen molar-refractivity contribution in [3.05, 3.63) is 42.5 Å². The van der Waals surface area contributed by atoms with Gasteiger partial charge >= 0.3 is 6.61 Å². The van der Waals surface area contributed by atoms with Crippen molar-refractivity contribution >= 4 is 32.3 Å². The van der Waals surface area contributed by atoms with Gasteiger partial charge in [0.1, 0.15) is 5.75 Å². The number of nitrogens with two attached hydrogens (primary N) is 1. The Hall–Kier alpha value is -2.81. The minimum Gasteiger partial charge on any atom is -0.435 e. The number of hydrogen-bond acceptors (Lipinski definition) is 4. The zero-order valence-corrected chi connectivity index (χ0v) is 17.1. The molecular formula is C20H23F2N3O3S. The van der Waals surface area contributed by atoms with Crippen LogP contribution in [0.4, 0.5) is 20.2 Å². The van der Waals surface area contributed by atoms with Gasteiger partial charge in [0.15, 0.2) is 0 Å². The van der Waals surface area contributed by atoms with Crippen LogP contribution in [0.5, 0.6) is 5.75 Å². The van der Waals surface area contributed by atoms with Gasteiger partial charge in [-0.25, -0.2) is 8.42 Å². The second-order valence-corrected chi connectivity index (χ2v) is 8.88. The molecule has 9 heteroatoms. The molecule has 3 rings (SSSR count). The number of anilines is 2. The van der Waals surface area contributed by atoms with E-state index in [-0.39, 0.29) is 17.5 Å². The summed E-state index contributed by atoms with van der Waals surface area (Å²) in [6, 6.07) is 11.5. The molecule has 0 amide bonds. The summed E-state index contributed by atoms with van der Waals surface area (Å²) in [5, 5.41) is 0.728. The summed E-state index contributed by atoms with van der Waals surface area (Å²) in [6.07, 6.45) is 0. The Morgan fingerprint density at radius 3 is 2.34 bits per heavy atom. The number of sulfonamides is 1. The summed E-state index contributed by atoms with van der Waals surface area (Å²) in [4.78, 5) is 0. The third-order valence-electron chi connectivity index (χ3n) is 4.57. The fourth-order valence-electron chi connectivity index (χ4n) is 3.27. The van der Waals surface area contributed by atoms with Crippen molar-refractivity contribution < 1.29 is 21.9 Å². The Morgan fingerprint density at radius 1 is 1.14 bits per heavy atom. The van der Waals surface area contributed by atoms with Crippen LogP contribution in [-0.4, -0.2) is 25.3 Å².